The standard InChI is InChI=1S/C17H36O4S/c1-4-5-11-14-17(2)15-12-9-7-6-8-10-13-16-21-22(18,19)20-3/h17H,4-16H2,1-3H3. The number of hydrogen-bond acceptors (Lipinski definition) is 4. The Bertz CT molecular complexity index is 328. The van der Waals surface area contributed by atoms with Gasteiger partial charge >= 0.3 is 10.4 Å². The molecule has 5 heteroatoms. The topological polar surface area (TPSA) is 52.6 Å². The molecule has 0 spiro atoms. The summed E-state index contributed by atoms with van der Waals surface area (Å²) in [6, 6.07) is 0. The minimum Gasteiger partial charge on any atom is -0.252 e. The molecule has 0 radical (unpaired) electrons. The number of rotatable bonds is 16. The lowest BCUT2D eigenvalue weighted by atomic mass is 9.96. The molecule has 0 saturated carbocycles. The zero-order chi connectivity index (χ0) is 16.7. The summed E-state index contributed by atoms with van der Waals surface area (Å²) in [4.78, 5) is 0. The van der Waals surface area contributed by atoms with E-state index in [1.807, 2.05) is 0 Å². The van der Waals surface area contributed by atoms with E-state index in [4.69, 9.17) is 0 Å². The number of unbranched alkanes of at least 4 members (excludes halogenated alkanes) is 8. The van der Waals surface area contributed by atoms with Gasteiger partial charge in [0.1, 0.15) is 0 Å². The smallest absolute Gasteiger partial charge is 0.252 e. The summed E-state index contributed by atoms with van der Waals surface area (Å²) in [5, 5.41) is 0. The van der Waals surface area contributed by atoms with Crippen LogP contribution in [0, 0.1) is 5.92 Å². The van der Waals surface area contributed by atoms with Crippen LogP contribution >= 0.6 is 0 Å². The van der Waals surface area contributed by atoms with Gasteiger partial charge in [0.25, 0.3) is 0 Å². The Morgan fingerprint density at radius 3 is 1.86 bits per heavy atom. The predicted molar refractivity (Wildman–Crippen MR) is 92.1 cm³/mol. The van der Waals surface area contributed by atoms with Crippen LogP contribution in [0.4, 0.5) is 0 Å². The van der Waals surface area contributed by atoms with Crippen molar-refractivity contribution in [2.24, 2.45) is 5.92 Å². The second-order valence-electron chi connectivity index (χ2n) is 6.26. The first-order chi connectivity index (χ1) is 10.5. The summed E-state index contributed by atoms with van der Waals surface area (Å²) < 4.78 is 30.6. The Morgan fingerprint density at radius 2 is 1.32 bits per heavy atom. The van der Waals surface area contributed by atoms with Gasteiger partial charge in [0.2, 0.25) is 0 Å². The SMILES string of the molecule is CCCCCC(C)CCCCCCCCCOS(=O)(=O)OC. The highest BCUT2D eigenvalue weighted by atomic mass is 32.3. The Morgan fingerprint density at radius 1 is 0.818 bits per heavy atom. The van der Waals surface area contributed by atoms with E-state index < -0.39 is 10.4 Å². The largest absolute Gasteiger partial charge is 0.399 e. The maximum atomic E-state index is 10.9. The first-order valence-corrected chi connectivity index (χ1v) is 10.3. The van der Waals surface area contributed by atoms with Gasteiger partial charge in [-0.15, -0.1) is 0 Å². The Kier molecular flexibility index (Phi) is 14.4. The van der Waals surface area contributed by atoms with E-state index in [1.165, 1.54) is 57.8 Å². The molecule has 22 heavy (non-hydrogen) atoms. The summed E-state index contributed by atoms with van der Waals surface area (Å²) in [5.41, 5.74) is 0. The molecule has 0 bridgehead atoms. The van der Waals surface area contributed by atoms with E-state index >= 15 is 0 Å². The van der Waals surface area contributed by atoms with E-state index in [2.05, 4.69) is 22.2 Å². The molecule has 0 aliphatic carbocycles. The van der Waals surface area contributed by atoms with Gasteiger partial charge in [-0.1, -0.05) is 84.5 Å². The third kappa shape index (κ3) is 14.8. The average molecular weight is 337 g/mol. The Hall–Kier alpha value is -0.130. The van der Waals surface area contributed by atoms with Gasteiger partial charge < -0.3 is 0 Å². The quantitative estimate of drug-likeness (QED) is 0.362. The first-order valence-electron chi connectivity index (χ1n) is 8.96. The highest BCUT2D eigenvalue weighted by molar-refractivity contribution is 7.81. The van der Waals surface area contributed by atoms with Crippen LogP contribution in [0.3, 0.4) is 0 Å². The molecule has 0 aromatic carbocycles. The van der Waals surface area contributed by atoms with Crippen LogP contribution in [0.2, 0.25) is 0 Å². The van der Waals surface area contributed by atoms with Crippen LogP contribution < -0.4 is 0 Å². The molecule has 0 rings (SSSR count). The highest BCUT2D eigenvalue weighted by Crippen LogP contribution is 2.17. The summed E-state index contributed by atoms with van der Waals surface area (Å²) in [5.74, 6) is 0.881. The van der Waals surface area contributed by atoms with Gasteiger partial charge in [-0.25, -0.2) is 4.18 Å². The van der Waals surface area contributed by atoms with Crippen LogP contribution in [0.5, 0.6) is 0 Å². The number of hydrogen-bond donors (Lipinski definition) is 0. The lowest BCUT2D eigenvalue weighted by molar-refractivity contribution is 0.238. The maximum Gasteiger partial charge on any atom is 0.399 e. The fraction of sp³-hybridized carbons (Fsp3) is 1.00. The molecule has 0 aromatic heterocycles. The third-order valence-corrected chi connectivity index (χ3v) is 4.94. The van der Waals surface area contributed by atoms with Crippen LogP contribution in [0.15, 0.2) is 0 Å². The van der Waals surface area contributed by atoms with Crippen molar-refractivity contribution in [2.45, 2.75) is 90.9 Å². The van der Waals surface area contributed by atoms with Gasteiger partial charge in [0.15, 0.2) is 0 Å². The molecule has 1 atom stereocenters. The normalized spacial score (nSPS) is 13.4. The van der Waals surface area contributed by atoms with E-state index in [9.17, 15) is 8.42 Å². The van der Waals surface area contributed by atoms with Gasteiger partial charge in [-0.05, 0) is 12.3 Å². The van der Waals surface area contributed by atoms with Crippen LogP contribution in [0.25, 0.3) is 0 Å². The average Bonchev–Trinajstić information content (AvgIpc) is 2.49. The van der Waals surface area contributed by atoms with Crippen molar-refractivity contribution in [2.75, 3.05) is 13.7 Å². The van der Waals surface area contributed by atoms with Crippen LogP contribution in [-0.4, -0.2) is 22.1 Å². The van der Waals surface area contributed by atoms with Crippen LogP contribution in [-0.2, 0) is 18.8 Å². The van der Waals surface area contributed by atoms with Gasteiger partial charge in [0.05, 0.1) is 13.7 Å². The molecule has 4 nitrogen and oxygen atoms in total. The molecule has 0 N–H and O–H groups in total. The molecule has 0 saturated heterocycles. The summed E-state index contributed by atoms with van der Waals surface area (Å²) in [7, 11) is -2.63. The maximum absolute atomic E-state index is 10.9. The highest BCUT2D eigenvalue weighted by Gasteiger charge is 2.07. The van der Waals surface area contributed by atoms with Gasteiger partial charge in [-0.3, -0.25) is 4.18 Å². The molecule has 0 aromatic rings. The first kappa shape index (κ1) is 21.9. The van der Waals surface area contributed by atoms with E-state index in [0.717, 1.165) is 32.3 Å². The zero-order valence-electron chi connectivity index (χ0n) is 14.8. The molecule has 1 unspecified atom stereocenters. The van der Waals surface area contributed by atoms with Crippen molar-refractivity contribution in [1.29, 1.82) is 0 Å². The van der Waals surface area contributed by atoms with Crippen molar-refractivity contribution >= 4 is 10.4 Å². The van der Waals surface area contributed by atoms with Crippen molar-refractivity contribution in [3.8, 4) is 0 Å². The lowest BCUT2D eigenvalue weighted by Crippen LogP contribution is -2.08. The minimum atomic E-state index is -3.74. The predicted octanol–water partition coefficient (Wildman–Crippen LogP) is 5.23. The lowest BCUT2D eigenvalue weighted by Gasteiger charge is -2.10. The van der Waals surface area contributed by atoms with E-state index in [0.29, 0.717) is 0 Å². The summed E-state index contributed by atoms with van der Waals surface area (Å²) >= 11 is 0. The Labute approximate surface area is 138 Å². The second kappa shape index (κ2) is 14.5. The fourth-order valence-electron chi connectivity index (χ4n) is 2.57. The molecule has 0 fully saturated rings. The van der Waals surface area contributed by atoms with Crippen molar-refractivity contribution in [3.63, 3.8) is 0 Å². The van der Waals surface area contributed by atoms with E-state index in [-0.39, 0.29) is 6.61 Å². The summed E-state index contributed by atoms with van der Waals surface area (Å²) in [6.07, 6.45) is 15.0. The third-order valence-electron chi connectivity index (χ3n) is 4.07. The Balaban J connectivity index is 3.23. The van der Waals surface area contributed by atoms with Crippen molar-refractivity contribution in [3.05, 3.63) is 0 Å². The molecule has 0 heterocycles. The molecule has 0 aliphatic heterocycles. The van der Waals surface area contributed by atoms with Gasteiger partial charge in [-0.2, -0.15) is 8.42 Å². The minimum absolute atomic E-state index is 0.228. The second-order valence-corrected chi connectivity index (χ2v) is 7.65. The monoisotopic (exact) mass is 336 g/mol. The summed E-state index contributed by atoms with van der Waals surface area (Å²) in [6.45, 7) is 4.86. The van der Waals surface area contributed by atoms with Crippen LogP contribution in [0.1, 0.15) is 90.9 Å². The zero-order valence-corrected chi connectivity index (χ0v) is 15.6. The molecule has 134 valence electrons. The van der Waals surface area contributed by atoms with E-state index in [1.54, 1.807) is 0 Å². The molecule has 0 aliphatic rings. The van der Waals surface area contributed by atoms with Gasteiger partial charge in [0, 0.05) is 0 Å². The molecule has 0 amide bonds. The van der Waals surface area contributed by atoms with Crippen molar-refractivity contribution in [1.82, 2.24) is 0 Å². The fourth-order valence-corrected chi connectivity index (χ4v) is 2.99. The van der Waals surface area contributed by atoms with Crippen molar-refractivity contribution < 1.29 is 16.8 Å². The molecular formula is C17H36O4S. The molecular weight excluding hydrogens is 300 g/mol.